The van der Waals surface area contributed by atoms with Crippen molar-refractivity contribution in [1.29, 1.82) is 0 Å². The maximum atomic E-state index is 13.3. The van der Waals surface area contributed by atoms with Gasteiger partial charge in [-0.05, 0) is 54.7 Å². The molecule has 0 aliphatic heterocycles. The Morgan fingerprint density at radius 1 is 0.886 bits per heavy atom. The summed E-state index contributed by atoms with van der Waals surface area (Å²) in [6, 6.07) is 28.9. The maximum Gasteiger partial charge on any atom is 0.339 e. The normalized spacial score (nSPS) is 15.3. The van der Waals surface area contributed by atoms with Crippen molar-refractivity contribution in [3.05, 3.63) is 125 Å². The number of rotatable bonds is 5. The van der Waals surface area contributed by atoms with Gasteiger partial charge in [-0.1, -0.05) is 74.5 Å². The van der Waals surface area contributed by atoms with Crippen LogP contribution in [0.3, 0.4) is 0 Å². The van der Waals surface area contributed by atoms with E-state index in [0.29, 0.717) is 12.0 Å². The lowest BCUT2D eigenvalue weighted by molar-refractivity contribution is 0.0366. The summed E-state index contributed by atoms with van der Waals surface area (Å²) in [6.07, 6.45) is 0.582. The lowest BCUT2D eigenvalue weighted by atomic mass is 9.76. The monoisotopic (exact) mass is 463 g/mol. The largest absolute Gasteiger partial charge is 0.447 e. The van der Waals surface area contributed by atoms with Crippen LogP contribution in [0, 0.1) is 12.3 Å². The minimum Gasteiger partial charge on any atom is -0.447 e. The van der Waals surface area contributed by atoms with Crippen molar-refractivity contribution < 1.29 is 14.3 Å². The first-order valence-corrected chi connectivity index (χ1v) is 12.0. The first kappa shape index (κ1) is 22.9. The number of hydrogen-bond donors (Lipinski definition) is 0. The van der Waals surface area contributed by atoms with Gasteiger partial charge in [-0.2, -0.15) is 0 Å². The van der Waals surface area contributed by atoms with E-state index in [1.807, 2.05) is 85.8 Å². The summed E-state index contributed by atoms with van der Waals surface area (Å²) in [6.45, 7) is 6.27. The zero-order valence-electron chi connectivity index (χ0n) is 20.3. The fourth-order valence-electron chi connectivity index (χ4n) is 5.02. The van der Waals surface area contributed by atoms with Crippen LogP contribution < -0.4 is 0 Å². The number of esters is 1. The molecule has 5 rings (SSSR count). The molecule has 4 heteroatoms. The molecule has 0 amide bonds. The number of Topliss-reactive ketones (excluding diaryl/α,β-unsaturated/α-hetero) is 1. The van der Waals surface area contributed by atoms with Crippen LogP contribution in [0.25, 0.3) is 5.69 Å². The van der Waals surface area contributed by atoms with Crippen molar-refractivity contribution in [1.82, 2.24) is 4.57 Å². The first-order chi connectivity index (χ1) is 16.8. The van der Waals surface area contributed by atoms with Crippen molar-refractivity contribution >= 4 is 11.8 Å². The predicted molar refractivity (Wildman–Crippen MR) is 137 cm³/mol. The molecule has 176 valence electrons. The molecule has 1 aliphatic rings. The number of benzene rings is 3. The van der Waals surface area contributed by atoms with E-state index in [0.717, 1.165) is 40.2 Å². The van der Waals surface area contributed by atoms with Crippen LogP contribution in [-0.2, 0) is 11.2 Å². The Hall–Kier alpha value is -3.92. The van der Waals surface area contributed by atoms with Crippen molar-refractivity contribution in [3.8, 4) is 5.69 Å². The Balaban J connectivity index is 1.73. The minimum atomic E-state index is -0.675. The number of ketones is 1. The van der Waals surface area contributed by atoms with Crippen LogP contribution >= 0.6 is 0 Å². The van der Waals surface area contributed by atoms with Crippen LogP contribution in [-0.4, -0.2) is 16.3 Å². The molecule has 0 radical (unpaired) electrons. The number of carbonyl (C=O) groups excluding carboxylic acids is 2. The van der Waals surface area contributed by atoms with E-state index < -0.39 is 12.1 Å². The van der Waals surface area contributed by atoms with E-state index in [1.165, 1.54) is 0 Å². The van der Waals surface area contributed by atoms with Gasteiger partial charge in [0.15, 0.2) is 11.9 Å². The summed E-state index contributed by atoms with van der Waals surface area (Å²) in [7, 11) is 0. The zero-order valence-corrected chi connectivity index (χ0v) is 20.3. The third-order valence-corrected chi connectivity index (χ3v) is 6.71. The van der Waals surface area contributed by atoms with E-state index in [-0.39, 0.29) is 11.2 Å². The lowest BCUT2D eigenvalue weighted by Crippen LogP contribution is -2.28. The molecular formula is C31H29NO3. The van der Waals surface area contributed by atoms with Crippen LogP contribution in [0.5, 0.6) is 0 Å². The van der Waals surface area contributed by atoms with Gasteiger partial charge in [0.25, 0.3) is 0 Å². The summed E-state index contributed by atoms with van der Waals surface area (Å²) in [5.41, 5.74) is 5.68. The fraction of sp³-hybridized carbons (Fsp3) is 0.226. The van der Waals surface area contributed by atoms with Crippen molar-refractivity contribution in [2.24, 2.45) is 5.41 Å². The molecule has 0 spiro atoms. The van der Waals surface area contributed by atoms with Crippen molar-refractivity contribution in [2.45, 2.75) is 39.7 Å². The number of fused-ring (bicyclic) bond motifs is 1. The Labute approximate surface area is 206 Å². The van der Waals surface area contributed by atoms with Gasteiger partial charge in [-0.3, -0.25) is 4.79 Å². The smallest absolute Gasteiger partial charge is 0.339 e. The zero-order chi connectivity index (χ0) is 24.6. The lowest BCUT2D eigenvalue weighted by Gasteiger charge is -2.30. The molecule has 4 aromatic rings. The number of carbonyl (C=O) groups is 2. The highest BCUT2D eigenvalue weighted by Gasteiger charge is 2.37. The van der Waals surface area contributed by atoms with Gasteiger partial charge in [0.05, 0.1) is 11.3 Å². The van der Waals surface area contributed by atoms with Gasteiger partial charge in [0.1, 0.15) is 0 Å². The summed E-state index contributed by atoms with van der Waals surface area (Å²) < 4.78 is 8.37. The maximum absolute atomic E-state index is 13.3. The summed E-state index contributed by atoms with van der Waals surface area (Å²) in [4.78, 5) is 26.5. The minimum absolute atomic E-state index is 0.130. The molecular weight excluding hydrogens is 434 g/mol. The quantitative estimate of drug-likeness (QED) is 0.303. The summed E-state index contributed by atoms with van der Waals surface area (Å²) in [5.74, 6) is -0.269. The molecule has 35 heavy (non-hydrogen) atoms. The van der Waals surface area contributed by atoms with Crippen LogP contribution in [0.4, 0.5) is 0 Å². The topological polar surface area (TPSA) is 48.3 Å². The number of aromatic nitrogens is 1. The molecule has 0 saturated carbocycles. The second-order valence-electron chi connectivity index (χ2n) is 10.0. The third-order valence-electron chi connectivity index (χ3n) is 6.71. The second-order valence-corrected chi connectivity index (χ2v) is 10.0. The van der Waals surface area contributed by atoms with Crippen LogP contribution in [0.2, 0.25) is 0 Å². The molecule has 1 aromatic heterocycles. The van der Waals surface area contributed by atoms with Crippen molar-refractivity contribution in [3.63, 3.8) is 0 Å². The molecule has 4 nitrogen and oxygen atoms in total. The molecule has 0 bridgehead atoms. The molecule has 3 aromatic carbocycles. The van der Waals surface area contributed by atoms with Gasteiger partial charge < -0.3 is 9.30 Å². The first-order valence-electron chi connectivity index (χ1n) is 12.0. The van der Waals surface area contributed by atoms with Gasteiger partial charge in [0, 0.05) is 28.9 Å². The highest BCUT2D eigenvalue weighted by Crippen LogP contribution is 2.41. The molecule has 1 unspecified atom stereocenters. The number of nitrogens with zero attached hydrogens (tertiary/aromatic N) is 1. The highest BCUT2D eigenvalue weighted by atomic mass is 16.5. The predicted octanol–water partition coefficient (Wildman–Crippen LogP) is 6.89. The Morgan fingerprint density at radius 2 is 1.51 bits per heavy atom. The second kappa shape index (κ2) is 9.03. The van der Waals surface area contributed by atoms with Gasteiger partial charge in [-0.25, -0.2) is 4.79 Å². The number of para-hydroxylation sites is 1. The average Bonchev–Trinajstić information content (AvgIpc) is 3.22. The number of hydrogen-bond acceptors (Lipinski definition) is 3. The van der Waals surface area contributed by atoms with Crippen LogP contribution in [0.1, 0.15) is 69.6 Å². The third kappa shape index (κ3) is 4.44. The van der Waals surface area contributed by atoms with E-state index in [1.54, 1.807) is 12.1 Å². The standard InChI is InChI=1S/C31H29NO3/c1-21-12-10-11-17-24(21)29(35-30(34)22-13-6-4-7-14-22)26-18-25-27(19-31(2,3)20-28(25)33)32(26)23-15-8-5-9-16-23/h4-18,29H,19-20H2,1-3H3. The Morgan fingerprint density at radius 3 is 2.20 bits per heavy atom. The Bertz CT molecular complexity index is 1380. The molecule has 1 aliphatic carbocycles. The Kier molecular flexibility index (Phi) is 5.89. The summed E-state index contributed by atoms with van der Waals surface area (Å²) in [5, 5.41) is 0. The molecule has 0 saturated heterocycles. The van der Waals surface area contributed by atoms with Gasteiger partial charge in [0.2, 0.25) is 0 Å². The van der Waals surface area contributed by atoms with Gasteiger partial charge in [-0.15, -0.1) is 0 Å². The fourth-order valence-corrected chi connectivity index (χ4v) is 5.02. The van der Waals surface area contributed by atoms with Crippen molar-refractivity contribution in [2.75, 3.05) is 0 Å². The molecule has 1 atom stereocenters. The summed E-state index contributed by atoms with van der Waals surface area (Å²) >= 11 is 0. The molecule has 0 fully saturated rings. The SMILES string of the molecule is Cc1ccccc1C(OC(=O)c1ccccc1)c1cc2c(n1-c1ccccc1)CC(C)(C)CC2=O. The van der Waals surface area contributed by atoms with E-state index in [9.17, 15) is 9.59 Å². The van der Waals surface area contributed by atoms with E-state index in [2.05, 4.69) is 18.4 Å². The van der Waals surface area contributed by atoms with Crippen LogP contribution in [0.15, 0.2) is 91.0 Å². The molecule has 1 heterocycles. The average molecular weight is 464 g/mol. The van der Waals surface area contributed by atoms with E-state index in [4.69, 9.17) is 4.74 Å². The van der Waals surface area contributed by atoms with E-state index >= 15 is 0 Å². The number of ether oxygens (including phenoxy) is 1. The highest BCUT2D eigenvalue weighted by molar-refractivity contribution is 5.99. The number of aryl methyl sites for hydroxylation is 1. The van der Waals surface area contributed by atoms with Gasteiger partial charge >= 0.3 is 5.97 Å². The molecule has 0 N–H and O–H groups in total.